The highest BCUT2D eigenvalue weighted by atomic mass is 16.5. The van der Waals surface area contributed by atoms with Gasteiger partial charge in [0.05, 0.1) is 13.2 Å². The molecule has 1 saturated carbocycles. The first-order valence-corrected chi connectivity index (χ1v) is 9.90. The third-order valence-electron chi connectivity index (χ3n) is 6.07. The molecule has 1 aliphatic heterocycles. The van der Waals surface area contributed by atoms with Gasteiger partial charge in [0.25, 0.3) is 5.91 Å². The van der Waals surface area contributed by atoms with Crippen LogP contribution >= 0.6 is 0 Å². The van der Waals surface area contributed by atoms with Crippen molar-refractivity contribution in [3.63, 3.8) is 0 Å². The number of benzene rings is 2. The van der Waals surface area contributed by atoms with Crippen LogP contribution in [0.2, 0.25) is 0 Å². The zero-order chi connectivity index (χ0) is 19.7. The Labute approximate surface area is 164 Å². The van der Waals surface area contributed by atoms with E-state index >= 15 is 0 Å². The van der Waals surface area contributed by atoms with E-state index in [0.717, 1.165) is 31.2 Å². The van der Waals surface area contributed by atoms with E-state index in [1.165, 1.54) is 6.42 Å². The number of carboxylic acid groups (broad SMARTS) is 1. The van der Waals surface area contributed by atoms with Gasteiger partial charge >= 0.3 is 5.97 Å². The summed E-state index contributed by atoms with van der Waals surface area (Å²) in [6.07, 6.45) is 5.16. The van der Waals surface area contributed by atoms with Crippen molar-refractivity contribution >= 4 is 11.9 Å². The van der Waals surface area contributed by atoms with Crippen LogP contribution in [0.3, 0.4) is 0 Å². The fraction of sp³-hybridized carbons (Fsp3) is 0.391. The summed E-state index contributed by atoms with van der Waals surface area (Å²) in [4.78, 5) is 27.8. The van der Waals surface area contributed by atoms with Crippen molar-refractivity contribution in [1.82, 2.24) is 4.90 Å². The molecule has 0 aromatic heterocycles. The van der Waals surface area contributed by atoms with Gasteiger partial charge in [0.1, 0.15) is 11.7 Å². The van der Waals surface area contributed by atoms with Gasteiger partial charge in [0.15, 0.2) is 0 Å². The van der Waals surface area contributed by atoms with E-state index in [9.17, 15) is 14.7 Å². The molecule has 0 saturated heterocycles. The summed E-state index contributed by atoms with van der Waals surface area (Å²) in [5.74, 6) is -1.03. The molecule has 2 aromatic rings. The largest absolute Gasteiger partial charge is 0.497 e. The van der Waals surface area contributed by atoms with Crippen LogP contribution in [0.1, 0.15) is 65.5 Å². The highest BCUT2D eigenvalue weighted by Crippen LogP contribution is 2.45. The maximum Gasteiger partial charge on any atom is 0.313 e. The van der Waals surface area contributed by atoms with E-state index in [4.69, 9.17) is 4.74 Å². The number of carbonyl (C=O) groups is 2. The van der Waals surface area contributed by atoms with Crippen molar-refractivity contribution in [1.29, 1.82) is 0 Å². The van der Waals surface area contributed by atoms with Crippen molar-refractivity contribution in [2.24, 2.45) is 0 Å². The molecular formula is C23H25NO4. The van der Waals surface area contributed by atoms with Crippen LogP contribution in [0, 0.1) is 0 Å². The second-order valence-electron chi connectivity index (χ2n) is 7.63. The average Bonchev–Trinajstić information content (AvgIpc) is 2.74. The summed E-state index contributed by atoms with van der Waals surface area (Å²) in [6, 6.07) is 14.1. The maximum atomic E-state index is 13.5. The lowest BCUT2D eigenvalue weighted by atomic mass is 9.77. The molecule has 0 spiro atoms. The number of carboxylic acids is 1. The van der Waals surface area contributed by atoms with Crippen molar-refractivity contribution in [2.45, 2.75) is 50.1 Å². The first-order valence-electron chi connectivity index (χ1n) is 9.90. The Morgan fingerprint density at radius 2 is 1.71 bits per heavy atom. The fourth-order valence-corrected chi connectivity index (χ4v) is 4.73. The molecule has 28 heavy (non-hydrogen) atoms. The zero-order valence-electron chi connectivity index (χ0n) is 16.0. The van der Waals surface area contributed by atoms with Crippen molar-refractivity contribution < 1.29 is 19.4 Å². The molecule has 1 heterocycles. The minimum absolute atomic E-state index is 0.0548. The number of ether oxygens (including phenoxy) is 1. The van der Waals surface area contributed by atoms with Gasteiger partial charge in [-0.1, -0.05) is 49.6 Å². The Morgan fingerprint density at radius 1 is 1.04 bits per heavy atom. The summed E-state index contributed by atoms with van der Waals surface area (Å²) in [5.41, 5.74) is 1.96. The number of fused-ring (bicyclic) bond motifs is 1. The van der Waals surface area contributed by atoms with Crippen LogP contribution < -0.4 is 4.74 Å². The van der Waals surface area contributed by atoms with Gasteiger partial charge in [-0.3, -0.25) is 9.59 Å². The monoisotopic (exact) mass is 379 g/mol. The molecule has 4 rings (SSSR count). The summed E-state index contributed by atoms with van der Waals surface area (Å²) >= 11 is 0. The minimum Gasteiger partial charge on any atom is -0.497 e. The standard InChI is InChI=1S/C23H25NO4/c1-28-17-13-11-15(12-14-17)21-20(23(26)27)18-9-5-6-10-19(18)22(25)24(21)16-7-3-2-4-8-16/h5-6,9-14,16,20-21H,2-4,7-8H2,1H3,(H,26,27)/t20-,21-/m1/s1. The Hall–Kier alpha value is -2.82. The highest BCUT2D eigenvalue weighted by molar-refractivity contribution is 6.00. The molecule has 0 unspecified atom stereocenters. The number of methoxy groups -OCH3 is 1. The predicted molar refractivity (Wildman–Crippen MR) is 106 cm³/mol. The van der Waals surface area contributed by atoms with Crippen molar-refractivity contribution in [3.8, 4) is 5.75 Å². The lowest BCUT2D eigenvalue weighted by Crippen LogP contribution is -2.50. The first kappa shape index (κ1) is 18.5. The molecule has 1 N–H and O–H groups in total. The quantitative estimate of drug-likeness (QED) is 0.855. The molecule has 0 radical (unpaired) electrons. The zero-order valence-corrected chi connectivity index (χ0v) is 16.0. The number of aliphatic carboxylic acids is 1. The molecule has 1 amide bonds. The number of rotatable bonds is 4. The van der Waals surface area contributed by atoms with Gasteiger partial charge in [-0.2, -0.15) is 0 Å². The Bertz CT molecular complexity index is 870. The van der Waals surface area contributed by atoms with E-state index in [2.05, 4.69) is 0 Å². The fourth-order valence-electron chi connectivity index (χ4n) is 4.73. The van der Waals surface area contributed by atoms with E-state index in [0.29, 0.717) is 16.9 Å². The van der Waals surface area contributed by atoms with Gasteiger partial charge in [-0.15, -0.1) is 0 Å². The summed E-state index contributed by atoms with van der Waals surface area (Å²) < 4.78 is 5.25. The Balaban J connectivity index is 1.87. The molecule has 2 aliphatic rings. The molecular weight excluding hydrogens is 354 g/mol. The molecule has 146 valence electrons. The van der Waals surface area contributed by atoms with Crippen LogP contribution in [0.15, 0.2) is 48.5 Å². The predicted octanol–water partition coefficient (Wildman–Crippen LogP) is 4.39. The number of hydrogen-bond acceptors (Lipinski definition) is 3. The lowest BCUT2D eigenvalue weighted by Gasteiger charge is -2.46. The smallest absolute Gasteiger partial charge is 0.313 e. The SMILES string of the molecule is COc1ccc([C@@H]2[C@H](C(=O)O)c3ccccc3C(=O)N2C2CCCCC2)cc1. The van der Waals surface area contributed by atoms with Gasteiger partial charge < -0.3 is 14.7 Å². The summed E-state index contributed by atoms with van der Waals surface area (Å²) in [7, 11) is 1.60. The van der Waals surface area contributed by atoms with Gasteiger partial charge in [0.2, 0.25) is 0 Å². The molecule has 5 heteroatoms. The van der Waals surface area contributed by atoms with Crippen LogP contribution in [-0.2, 0) is 4.79 Å². The van der Waals surface area contributed by atoms with Crippen molar-refractivity contribution in [3.05, 3.63) is 65.2 Å². The van der Waals surface area contributed by atoms with E-state index in [-0.39, 0.29) is 11.9 Å². The number of nitrogens with zero attached hydrogens (tertiary/aromatic N) is 1. The third kappa shape index (κ3) is 3.15. The number of amides is 1. The van der Waals surface area contributed by atoms with Gasteiger partial charge in [0, 0.05) is 11.6 Å². The minimum atomic E-state index is -0.901. The first-order chi connectivity index (χ1) is 13.6. The molecule has 2 aromatic carbocycles. The van der Waals surface area contributed by atoms with E-state index in [1.54, 1.807) is 19.2 Å². The van der Waals surface area contributed by atoms with Crippen LogP contribution in [-0.4, -0.2) is 35.0 Å². The summed E-state index contributed by atoms with van der Waals surface area (Å²) in [5, 5.41) is 10.2. The second-order valence-corrected chi connectivity index (χ2v) is 7.63. The second kappa shape index (κ2) is 7.66. The lowest BCUT2D eigenvalue weighted by molar-refractivity contribution is -0.141. The molecule has 0 bridgehead atoms. The van der Waals surface area contributed by atoms with Crippen LogP contribution in [0.5, 0.6) is 5.75 Å². The van der Waals surface area contributed by atoms with E-state index in [1.807, 2.05) is 41.3 Å². The van der Waals surface area contributed by atoms with Crippen LogP contribution in [0.4, 0.5) is 0 Å². The average molecular weight is 379 g/mol. The molecule has 2 atom stereocenters. The van der Waals surface area contributed by atoms with E-state index < -0.39 is 17.9 Å². The topological polar surface area (TPSA) is 66.8 Å². The number of hydrogen-bond donors (Lipinski definition) is 1. The highest BCUT2D eigenvalue weighted by Gasteiger charge is 2.46. The summed E-state index contributed by atoms with van der Waals surface area (Å²) in [6.45, 7) is 0. The molecule has 5 nitrogen and oxygen atoms in total. The third-order valence-corrected chi connectivity index (χ3v) is 6.07. The Kier molecular flexibility index (Phi) is 5.07. The maximum absolute atomic E-state index is 13.5. The number of carbonyl (C=O) groups excluding carboxylic acids is 1. The Morgan fingerprint density at radius 3 is 2.36 bits per heavy atom. The van der Waals surface area contributed by atoms with Gasteiger partial charge in [-0.05, 0) is 42.2 Å². The molecule has 1 fully saturated rings. The normalized spacial score (nSPS) is 22.6. The van der Waals surface area contributed by atoms with Gasteiger partial charge in [-0.25, -0.2) is 0 Å². The molecule has 1 aliphatic carbocycles. The van der Waals surface area contributed by atoms with Crippen LogP contribution in [0.25, 0.3) is 0 Å². The van der Waals surface area contributed by atoms with Crippen molar-refractivity contribution in [2.75, 3.05) is 7.11 Å².